The van der Waals surface area contributed by atoms with Crippen LogP contribution < -0.4 is 9.79 Å². The Labute approximate surface area is 85.0 Å². The molecule has 0 aromatic carbocycles. The normalized spacial score (nSPS) is 19.0. The molecule has 0 aromatic rings. The molecular weight excluding hydrogens is 205 g/mol. The zero-order valence-electron chi connectivity index (χ0n) is 8.77. The lowest BCUT2D eigenvalue weighted by Gasteiger charge is -2.24. The van der Waals surface area contributed by atoms with Gasteiger partial charge in [0.05, 0.1) is 20.1 Å². The highest BCUT2D eigenvalue weighted by Crippen LogP contribution is 2.19. The van der Waals surface area contributed by atoms with Crippen LogP contribution >= 0.6 is 7.82 Å². The molecule has 0 atom stereocenters. The van der Waals surface area contributed by atoms with Crippen molar-refractivity contribution in [3.05, 3.63) is 0 Å². The minimum Gasteiger partial charge on any atom is -0.756 e. The van der Waals surface area contributed by atoms with Gasteiger partial charge in [-0.2, -0.15) is 0 Å². The van der Waals surface area contributed by atoms with Gasteiger partial charge in [-0.25, -0.2) is 0 Å². The lowest BCUT2D eigenvalue weighted by molar-refractivity contribution is -0.887. The van der Waals surface area contributed by atoms with E-state index < -0.39 is 7.82 Å². The highest BCUT2D eigenvalue weighted by atomic mass is 31.2. The molecule has 1 aliphatic carbocycles. The summed E-state index contributed by atoms with van der Waals surface area (Å²) in [7, 11) is -0.341. The lowest BCUT2D eigenvalue weighted by Crippen LogP contribution is -3.10. The van der Waals surface area contributed by atoms with Crippen LogP contribution in [0.1, 0.15) is 32.1 Å². The van der Waals surface area contributed by atoms with Crippen molar-refractivity contribution in [2.75, 3.05) is 14.1 Å². The van der Waals surface area contributed by atoms with E-state index in [1.165, 1.54) is 32.1 Å². The fourth-order valence-electron chi connectivity index (χ4n) is 1.68. The van der Waals surface area contributed by atoms with Crippen LogP contribution in [0.3, 0.4) is 0 Å². The van der Waals surface area contributed by atoms with Gasteiger partial charge in [-0.3, -0.25) is 4.57 Å². The van der Waals surface area contributed by atoms with Crippen molar-refractivity contribution in [1.82, 2.24) is 0 Å². The lowest BCUT2D eigenvalue weighted by atomic mass is 9.95. The van der Waals surface area contributed by atoms with Gasteiger partial charge in [-0.15, -0.1) is 0 Å². The summed E-state index contributed by atoms with van der Waals surface area (Å²) >= 11 is 0. The van der Waals surface area contributed by atoms with Crippen molar-refractivity contribution in [1.29, 1.82) is 0 Å². The molecular formula is C8H20NO4P. The maximum absolute atomic E-state index is 8.77. The summed E-state index contributed by atoms with van der Waals surface area (Å²) in [6.07, 6.45) is 7.33. The molecule has 0 aromatic heterocycles. The standard InChI is InChI=1S/C8H17N.H3O4P/c1-9(2)8-6-4-3-5-7-8;1-5(2,3)4/h8H,3-7H2,1-2H3;(H3,1,2,3,4). The van der Waals surface area contributed by atoms with Gasteiger partial charge in [0.2, 0.25) is 0 Å². The Kier molecular flexibility index (Phi) is 6.57. The SMILES string of the molecule is C[NH+](C)C1CCCCC1.O=P([O-])(O)O. The largest absolute Gasteiger partial charge is 0.756 e. The van der Waals surface area contributed by atoms with E-state index in [9.17, 15) is 0 Å². The molecule has 0 amide bonds. The van der Waals surface area contributed by atoms with Crippen LogP contribution in [0.2, 0.25) is 0 Å². The van der Waals surface area contributed by atoms with Gasteiger partial charge in [-0.1, -0.05) is 6.42 Å². The average molecular weight is 225 g/mol. The molecule has 1 rings (SSSR count). The summed E-state index contributed by atoms with van der Waals surface area (Å²) in [5.74, 6) is 0. The Morgan fingerprint density at radius 3 is 1.79 bits per heavy atom. The first-order valence-electron chi connectivity index (χ1n) is 4.87. The molecule has 5 nitrogen and oxygen atoms in total. The zero-order chi connectivity index (χ0) is 11.2. The third-order valence-electron chi connectivity index (χ3n) is 2.42. The molecule has 0 aliphatic heterocycles. The van der Waals surface area contributed by atoms with E-state index in [1.54, 1.807) is 4.90 Å². The quantitative estimate of drug-likeness (QED) is 0.495. The number of rotatable bonds is 1. The van der Waals surface area contributed by atoms with Crippen molar-refractivity contribution in [2.45, 2.75) is 38.1 Å². The van der Waals surface area contributed by atoms with E-state index in [-0.39, 0.29) is 0 Å². The van der Waals surface area contributed by atoms with Gasteiger partial charge in [-0.05, 0) is 25.7 Å². The summed E-state index contributed by atoms with van der Waals surface area (Å²) < 4.78 is 8.77. The van der Waals surface area contributed by atoms with Crippen molar-refractivity contribution in [3.63, 3.8) is 0 Å². The highest BCUT2D eigenvalue weighted by Gasteiger charge is 2.17. The second-order valence-corrected chi connectivity index (χ2v) is 4.88. The Hall–Kier alpha value is 0.0700. The fourth-order valence-corrected chi connectivity index (χ4v) is 1.68. The Morgan fingerprint density at radius 2 is 1.57 bits per heavy atom. The first-order valence-corrected chi connectivity index (χ1v) is 6.40. The van der Waals surface area contributed by atoms with Crippen LogP contribution in [0.5, 0.6) is 0 Å². The van der Waals surface area contributed by atoms with E-state index in [2.05, 4.69) is 14.1 Å². The smallest absolute Gasteiger partial charge is 0.262 e. The number of phosphoric acid groups is 1. The molecule has 0 heterocycles. The minimum atomic E-state index is -4.89. The highest BCUT2D eigenvalue weighted by molar-refractivity contribution is 7.43. The summed E-state index contributed by atoms with van der Waals surface area (Å²) in [4.78, 5) is 24.6. The van der Waals surface area contributed by atoms with Crippen molar-refractivity contribution in [2.24, 2.45) is 0 Å². The molecule has 86 valence electrons. The van der Waals surface area contributed by atoms with Crippen LogP contribution in [0, 0.1) is 0 Å². The van der Waals surface area contributed by atoms with E-state index >= 15 is 0 Å². The molecule has 1 fully saturated rings. The molecule has 0 spiro atoms. The molecule has 0 unspecified atom stereocenters. The Morgan fingerprint density at radius 1 is 1.21 bits per heavy atom. The first kappa shape index (κ1) is 14.1. The van der Waals surface area contributed by atoms with Crippen LogP contribution in [-0.4, -0.2) is 29.9 Å². The Bertz CT molecular complexity index is 178. The topological polar surface area (TPSA) is 85.0 Å². The third kappa shape index (κ3) is 10.2. The van der Waals surface area contributed by atoms with E-state index in [0.29, 0.717) is 0 Å². The summed E-state index contributed by atoms with van der Waals surface area (Å²) in [5.41, 5.74) is 0. The number of hydrogen-bond donors (Lipinski definition) is 3. The van der Waals surface area contributed by atoms with E-state index in [4.69, 9.17) is 19.2 Å². The van der Waals surface area contributed by atoms with Gasteiger partial charge >= 0.3 is 0 Å². The summed E-state index contributed by atoms with van der Waals surface area (Å²) in [5, 5.41) is 0. The van der Waals surface area contributed by atoms with Crippen LogP contribution in [0.4, 0.5) is 0 Å². The summed E-state index contributed by atoms with van der Waals surface area (Å²) in [6, 6.07) is 0.971. The number of nitrogens with one attached hydrogen (secondary N) is 1. The zero-order valence-corrected chi connectivity index (χ0v) is 9.67. The molecule has 14 heavy (non-hydrogen) atoms. The summed E-state index contributed by atoms with van der Waals surface area (Å²) in [6.45, 7) is 0. The molecule has 1 aliphatic rings. The Balaban J connectivity index is 0.000000292. The molecule has 0 saturated heterocycles. The second kappa shape index (κ2) is 6.53. The molecule has 1 saturated carbocycles. The van der Waals surface area contributed by atoms with Gasteiger partial charge in [0, 0.05) is 0 Å². The number of hydrogen-bond acceptors (Lipinski definition) is 2. The van der Waals surface area contributed by atoms with E-state index in [1.807, 2.05) is 0 Å². The third-order valence-corrected chi connectivity index (χ3v) is 2.42. The average Bonchev–Trinajstić information content (AvgIpc) is 2.03. The van der Waals surface area contributed by atoms with Gasteiger partial charge in [0.1, 0.15) is 0 Å². The maximum atomic E-state index is 8.77. The van der Waals surface area contributed by atoms with Crippen molar-refractivity contribution in [3.8, 4) is 0 Å². The van der Waals surface area contributed by atoms with E-state index in [0.717, 1.165) is 6.04 Å². The maximum Gasteiger partial charge on any atom is 0.262 e. The van der Waals surface area contributed by atoms with Gasteiger partial charge < -0.3 is 19.6 Å². The molecule has 0 bridgehead atoms. The monoisotopic (exact) mass is 225 g/mol. The fraction of sp³-hybridized carbons (Fsp3) is 1.00. The van der Waals surface area contributed by atoms with Crippen molar-refractivity contribution < 1.29 is 24.1 Å². The predicted molar refractivity (Wildman–Crippen MR) is 51.7 cm³/mol. The first-order chi connectivity index (χ1) is 6.30. The van der Waals surface area contributed by atoms with Gasteiger partial charge in [0.15, 0.2) is 0 Å². The second-order valence-electron chi connectivity index (χ2n) is 3.90. The number of quaternary nitrogens is 1. The molecule has 3 N–H and O–H groups in total. The van der Waals surface area contributed by atoms with Gasteiger partial charge in [0.25, 0.3) is 7.82 Å². The predicted octanol–water partition coefficient (Wildman–Crippen LogP) is -1.10. The minimum absolute atomic E-state index is 0.971. The van der Waals surface area contributed by atoms with Crippen LogP contribution in [0.15, 0.2) is 0 Å². The molecule has 6 heteroatoms. The van der Waals surface area contributed by atoms with Crippen molar-refractivity contribution >= 4 is 7.82 Å². The van der Waals surface area contributed by atoms with Crippen LogP contribution in [-0.2, 0) is 4.57 Å². The van der Waals surface area contributed by atoms with Crippen LogP contribution in [0.25, 0.3) is 0 Å². The molecule has 0 radical (unpaired) electrons.